The highest BCUT2D eigenvalue weighted by Crippen LogP contribution is 2.56. The van der Waals surface area contributed by atoms with E-state index in [4.69, 9.17) is 18.0 Å². The summed E-state index contributed by atoms with van der Waals surface area (Å²) in [7, 11) is 0. The van der Waals surface area contributed by atoms with Gasteiger partial charge in [0.25, 0.3) is 0 Å². The summed E-state index contributed by atoms with van der Waals surface area (Å²) >= 11 is 5.10. The fraction of sp³-hybridized carbons (Fsp3) is 0.611. The summed E-state index contributed by atoms with van der Waals surface area (Å²) in [4.78, 5) is 0.494. The Morgan fingerprint density at radius 1 is 1.14 bits per heavy atom. The van der Waals surface area contributed by atoms with Crippen molar-refractivity contribution in [1.82, 2.24) is 0 Å². The van der Waals surface area contributed by atoms with Crippen molar-refractivity contribution in [2.45, 2.75) is 51.0 Å². The lowest BCUT2D eigenvalue weighted by Gasteiger charge is -2.57. The van der Waals surface area contributed by atoms with Crippen molar-refractivity contribution in [2.75, 3.05) is 5.32 Å². The summed E-state index contributed by atoms with van der Waals surface area (Å²) in [6, 6.07) is 6.44. The van der Waals surface area contributed by atoms with E-state index < -0.39 is 0 Å². The van der Waals surface area contributed by atoms with Crippen LogP contribution in [0.5, 0.6) is 0 Å². The Kier molecular flexibility index (Phi) is 3.04. The van der Waals surface area contributed by atoms with Crippen LogP contribution in [0.3, 0.4) is 0 Å². The maximum Gasteiger partial charge on any atom is 0.104 e. The molecule has 4 aliphatic rings. The lowest BCUT2D eigenvalue weighted by atomic mass is 9.53. The third-order valence-corrected chi connectivity index (χ3v) is 6.16. The minimum atomic E-state index is 0.367. The highest BCUT2D eigenvalue weighted by molar-refractivity contribution is 7.80. The predicted molar refractivity (Wildman–Crippen MR) is 91.6 cm³/mol. The Hall–Kier alpha value is -1.09. The molecular formula is C18H24N2S. The maximum atomic E-state index is 5.76. The topological polar surface area (TPSA) is 38.0 Å². The van der Waals surface area contributed by atoms with Crippen LogP contribution in [0.4, 0.5) is 5.69 Å². The summed E-state index contributed by atoms with van der Waals surface area (Å²) < 4.78 is 0. The highest BCUT2D eigenvalue weighted by Gasteiger charge is 2.50. The van der Waals surface area contributed by atoms with Gasteiger partial charge < -0.3 is 11.1 Å². The first-order chi connectivity index (χ1) is 10.0. The van der Waals surface area contributed by atoms with E-state index in [2.05, 4.69) is 30.4 Å². The molecule has 4 bridgehead atoms. The van der Waals surface area contributed by atoms with E-state index in [1.165, 1.54) is 49.8 Å². The van der Waals surface area contributed by atoms with Gasteiger partial charge in [-0.1, -0.05) is 12.2 Å². The molecule has 0 atom stereocenters. The molecule has 3 N–H and O–H groups in total. The van der Waals surface area contributed by atoms with E-state index in [0.717, 1.165) is 23.3 Å². The van der Waals surface area contributed by atoms with Gasteiger partial charge >= 0.3 is 0 Å². The van der Waals surface area contributed by atoms with Crippen LogP contribution in [-0.4, -0.2) is 10.5 Å². The van der Waals surface area contributed by atoms with Crippen LogP contribution < -0.4 is 11.1 Å². The zero-order chi connectivity index (χ0) is 14.6. The first-order valence-corrected chi connectivity index (χ1v) is 8.62. The lowest BCUT2D eigenvalue weighted by molar-refractivity contribution is 0.0107. The maximum absolute atomic E-state index is 5.76. The molecule has 4 fully saturated rings. The molecule has 0 radical (unpaired) electrons. The van der Waals surface area contributed by atoms with Gasteiger partial charge in [-0.05, 0) is 87.0 Å². The normalized spacial score (nSPS) is 36.7. The van der Waals surface area contributed by atoms with E-state index in [-0.39, 0.29) is 0 Å². The molecule has 4 saturated carbocycles. The number of thiocarbonyl (C=S) groups is 1. The van der Waals surface area contributed by atoms with Gasteiger partial charge in [0.1, 0.15) is 4.99 Å². The van der Waals surface area contributed by atoms with Gasteiger partial charge in [-0.3, -0.25) is 0 Å². The molecule has 2 nitrogen and oxygen atoms in total. The Morgan fingerprint density at radius 3 is 2.19 bits per heavy atom. The van der Waals surface area contributed by atoms with Gasteiger partial charge in [-0.15, -0.1) is 0 Å². The SMILES string of the molecule is Cc1cc(NC23CC4CC(CC(C4)C2)C3)ccc1C(N)=S. The van der Waals surface area contributed by atoms with Crippen molar-refractivity contribution in [3.63, 3.8) is 0 Å². The van der Waals surface area contributed by atoms with Crippen LogP contribution in [0, 0.1) is 24.7 Å². The Bertz CT molecular complexity index is 558. The van der Waals surface area contributed by atoms with Crippen LogP contribution in [0.2, 0.25) is 0 Å². The summed E-state index contributed by atoms with van der Waals surface area (Å²) in [5, 5.41) is 3.91. The Morgan fingerprint density at radius 2 is 1.71 bits per heavy atom. The molecule has 0 aromatic heterocycles. The first-order valence-electron chi connectivity index (χ1n) is 8.22. The van der Waals surface area contributed by atoms with Gasteiger partial charge in [0.05, 0.1) is 0 Å². The van der Waals surface area contributed by atoms with Crippen molar-refractivity contribution < 1.29 is 0 Å². The van der Waals surface area contributed by atoms with Gasteiger partial charge in [0, 0.05) is 16.8 Å². The molecule has 21 heavy (non-hydrogen) atoms. The molecular weight excluding hydrogens is 276 g/mol. The minimum Gasteiger partial charge on any atom is -0.389 e. The monoisotopic (exact) mass is 300 g/mol. The van der Waals surface area contributed by atoms with Crippen LogP contribution in [0.25, 0.3) is 0 Å². The summed E-state index contributed by atoms with van der Waals surface area (Å²) in [6.45, 7) is 2.10. The number of rotatable bonds is 3. The molecule has 0 spiro atoms. The number of anilines is 1. The summed E-state index contributed by atoms with van der Waals surface area (Å²) in [5.74, 6) is 2.92. The van der Waals surface area contributed by atoms with Crippen molar-refractivity contribution in [1.29, 1.82) is 0 Å². The van der Waals surface area contributed by atoms with Gasteiger partial charge in [-0.25, -0.2) is 0 Å². The number of aryl methyl sites for hydroxylation is 1. The molecule has 5 rings (SSSR count). The molecule has 0 heterocycles. The van der Waals surface area contributed by atoms with Crippen molar-refractivity contribution in [3.05, 3.63) is 29.3 Å². The number of benzene rings is 1. The molecule has 0 amide bonds. The molecule has 3 heteroatoms. The van der Waals surface area contributed by atoms with Crippen molar-refractivity contribution in [3.8, 4) is 0 Å². The standard InChI is InChI=1S/C18H24N2S/c1-11-4-15(2-3-16(11)17(19)21)20-18-8-12-5-13(9-18)7-14(6-12)10-18/h2-4,12-14,20H,5-10H2,1H3,(H2,19,21). The predicted octanol–water partition coefficient (Wildman–Crippen LogP) is 4.01. The molecule has 0 saturated heterocycles. The third-order valence-electron chi connectivity index (χ3n) is 5.94. The smallest absolute Gasteiger partial charge is 0.104 e. The van der Waals surface area contributed by atoms with Gasteiger partial charge in [0.15, 0.2) is 0 Å². The van der Waals surface area contributed by atoms with Crippen molar-refractivity contribution in [2.24, 2.45) is 23.5 Å². The van der Waals surface area contributed by atoms with E-state index in [1.54, 1.807) is 0 Å². The van der Waals surface area contributed by atoms with E-state index in [9.17, 15) is 0 Å². The fourth-order valence-electron chi connectivity index (χ4n) is 5.59. The van der Waals surface area contributed by atoms with Gasteiger partial charge in [0.2, 0.25) is 0 Å². The second-order valence-electron chi connectivity index (χ2n) is 7.72. The Labute approximate surface area is 132 Å². The number of hydrogen-bond donors (Lipinski definition) is 2. The quantitative estimate of drug-likeness (QED) is 0.828. The summed E-state index contributed by atoms with van der Waals surface area (Å²) in [6.07, 6.45) is 8.57. The van der Waals surface area contributed by atoms with Crippen LogP contribution in [0.15, 0.2) is 18.2 Å². The molecule has 112 valence electrons. The van der Waals surface area contributed by atoms with Crippen LogP contribution in [-0.2, 0) is 0 Å². The van der Waals surface area contributed by atoms with E-state index >= 15 is 0 Å². The minimum absolute atomic E-state index is 0.367. The molecule has 1 aromatic rings. The second-order valence-corrected chi connectivity index (χ2v) is 8.16. The average Bonchev–Trinajstić information content (AvgIpc) is 2.35. The largest absolute Gasteiger partial charge is 0.389 e. The van der Waals surface area contributed by atoms with Crippen molar-refractivity contribution >= 4 is 22.9 Å². The fourth-order valence-corrected chi connectivity index (χ4v) is 5.82. The van der Waals surface area contributed by atoms with Gasteiger partial charge in [-0.2, -0.15) is 0 Å². The van der Waals surface area contributed by atoms with E-state index in [0.29, 0.717) is 10.5 Å². The lowest BCUT2D eigenvalue weighted by Crippen LogP contribution is -2.54. The highest BCUT2D eigenvalue weighted by atomic mass is 32.1. The number of hydrogen-bond acceptors (Lipinski definition) is 2. The van der Waals surface area contributed by atoms with Crippen LogP contribution in [0.1, 0.15) is 49.7 Å². The summed E-state index contributed by atoms with van der Waals surface area (Å²) in [5.41, 5.74) is 9.55. The molecule has 0 unspecified atom stereocenters. The second kappa shape index (κ2) is 4.70. The van der Waals surface area contributed by atoms with E-state index in [1.807, 2.05) is 0 Å². The zero-order valence-corrected chi connectivity index (χ0v) is 13.5. The average molecular weight is 300 g/mol. The molecule has 4 aliphatic carbocycles. The first kappa shape index (κ1) is 13.6. The third kappa shape index (κ3) is 2.36. The molecule has 0 aliphatic heterocycles. The number of nitrogens with two attached hydrogens (primary N) is 1. The zero-order valence-electron chi connectivity index (χ0n) is 12.7. The van der Waals surface area contributed by atoms with Crippen LogP contribution >= 0.6 is 12.2 Å². The Balaban J connectivity index is 1.58. The number of nitrogens with one attached hydrogen (secondary N) is 1. The molecule has 1 aromatic carbocycles.